The van der Waals surface area contributed by atoms with Crippen LogP contribution >= 0.6 is 0 Å². The van der Waals surface area contributed by atoms with Crippen LogP contribution in [0.2, 0.25) is 0 Å². The van der Waals surface area contributed by atoms with Crippen LogP contribution in [-0.2, 0) is 16.1 Å². The van der Waals surface area contributed by atoms with E-state index in [4.69, 9.17) is 10.00 Å². The first-order valence-electron chi connectivity index (χ1n) is 8.24. The fourth-order valence-electron chi connectivity index (χ4n) is 1.92. The molecule has 0 heterocycles. The van der Waals surface area contributed by atoms with Gasteiger partial charge in [-0.15, -0.1) is 0 Å². The second kappa shape index (κ2) is 10.7. The monoisotopic (exact) mass is 360 g/mol. The number of hydrogen-bond donors (Lipinski definition) is 2. The third kappa shape index (κ3) is 7.66. The van der Waals surface area contributed by atoms with Crippen molar-refractivity contribution in [3.63, 3.8) is 0 Å². The highest BCUT2D eigenvalue weighted by Gasteiger charge is 2.13. The number of nitrogens with one attached hydrogen (secondary N) is 2. The van der Waals surface area contributed by atoms with Gasteiger partial charge in [0.15, 0.2) is 6.61 Å². The molecular weight excluding hydrogens is 336 g/mol. The standard InChI is InChI=1S/C18H24N4O4/c1-13(2)21-18(25)20-11-14-5-7-15(8-6-14)17(24)26-12-16(23)22(3)10-4-9-19/h5-8,13H,4,10-12H2,1-3H3,(H2,20,21,25). The molecule has 0 saturated carbocycles. The molecule has 8 nitrogen and oxygen atoms in total. The Morgan fingerprint density at radius 3 is 2.46 bits per heavy atom. The minimum atomic E-state index is -0.607. The molecule has 0 radical (unpaired) electrons. The van der Waals surface area contributed by atoms with E-state index >= 15 is 0 Å². The second-order valence-electron chi connectivity index (χ2n) is 5.98. The first-order chi connectivity index (χ1) is 12.3. The Morgan fingerprint density at radius 2 is 1.88 bits per heavy atom. The molecule has 0 unspecified atom stereocenters. The van der Waals surface area contributed by atoms with Crippen molar-refractivity contribution in [3.8, 4) is 6.07 Å². The molecule has 0 aliphatic carbocycles. The number of likely N-dealkylation sites (N-methyl/N-ethyl adjacent to an activating group) is 1. The van der Waals surface area contributed by atoms with Crippen molar-refractivity contribution in [2.75, 3.05) is 20.2 Å². The smallest absolute Gasteiger partial charge is 0.338 e. The fraction of sp³-hybridized carbons (Fsp3) is 0.444. The van der Waals surface area contributed by atoms with E-state index in [2.05, 4.69) is 10.6 Å². The molecule has 1 rings (SSSR count). The fourth-order valence-corrected chi connectivity index (χ4v) is 1.92. The zero-order valence-corrected chi connectivity index (χ0v) is 15.2. The molecule has 3 amide bonds. The molecule has 2 N–H and O–H groups in total. The van der Waals surface area contributed by atoms with Crippen LogP contribution in [0.1, 0.15) is 36.2 Å². The topological polar surface area (TPSA) is 112 Å². The molecule has 140 valence electrons. The maximum atomic E-state index is 12.0. The molecular formula is C18H24N4O4. The predicted octanol–water partition coefficient (Wildman–Crippen LogP) is 1.42. The number of amides is 3. The number of rotatable bonds is 8. The highest BCUT2D eigenvalue weighted by atomic mass is 16.5. The zero-order chi connectivity index (χ0) is 19.5. The molecule has 0 aliphatic heterocycles. The van der Waals surface area contributed by atoms with E-state index in [0.29, 0.717) is 18.7 Å². The summed E-state index contributed by atoms with van der Waals surface area (Å²) in [5.74, 6) is -0.977. The summed E-state index contributed by atoms with van der Waals surface area (Å²) < 4.78 is 4.98. The van der Waals surface area contributed by atoms with Crippen LogP contribution in [0, 0.1) is 11.3 Å². The van der Waals surface area contributed by atoms with Crippen LogP contribution < -0.4 is 10.6 Å². The maximum Gasteiger partial charge on any atom is 0.338 e. The summed E-state index contributed by atoms with van der Waals surface area (Å²) in [6.45, 7) is 3.98. The van der Waals surface area contributed by atoms with E-state index in [1.165, 1.54) is 4.90 Å². The second-order valence-corrected chi connectivity index (χ2v) is 5.98. The van der Waals surface area contributed by atoms with Crippen molar-refractivity contribution in [2.24, 2.45) is 0 Å². The Bertz CT molecular complexity index is 665. The van der Waals surface area contributed by atoms with Gasteiger partial charge in [-0.05, 0) is 31.5 Å². The lowest BCUT2D eigenvalue weighted by molar-refractivity contribution is -0.133. The van der Waals surface area contributed by atoms with Gasteiger partial charge in [0.2, 0.25) is 0 Å². The summed E-state index contributed by atoms with van der Waals surface area (Å²) in [5, 5.41) is 13.9. The molecule has 0 fully saturated rings. The summed E-state index contributed by atoms with van der Waals surface area (Å²) in [7, 11) is 1.55. The van der Waals surface area contributed by atoms with Crippen molar-refractivity contribution >= 4 is 17.9 Å². The summed E-state index contributed by atoms with van der Waals surface area (Å²) in [6.07, 6.45) is 0.223. The van der Waals surface area contributed by atoms with Gasteiger partial charge in [-0.3, -0.25) is 4.79 Å². The Balaban J connectivity index is 2.45. The van der Waals surface area contributed by atoms with Gasteiger partial charge in [-0.2, -0.15) is 5.26 Å². The number of benzene rings is 1. The predicted molar refractivity (Wildman–Crippen MR) is 95.1 cm³/mol. The number of urea groups is 1. The molecule has 0 aromatic heterocycles. The van der Waals surface area contributed by atoms with Crippen LogP contribution in [0.15, 0.2) is 24.3 Å². The number of nitrogens with zero attached hydrogens (tertiary/aromatic N) is 2. The van der Waals surface area contributed by atoms with Gasteiger partial charge >= 0.3 is 12.0 Å². The summed E-state index contributed by atoms with van der Waals surface area (Å²) >= 11 is 0. The van der Waals surface area contributed by atoms with Crippen LogP contribution in [0.25, 0.3) is 0 Å². The van der Waals surface area contributed by atoms with Crippen LogP contribution in [0.5, 0.6) is 0 Å². The van der Waals surface area contributed by atoms with Crippen molar-refractivity contribution in [1.82, 2.24) is 15.5 Å². The Hall–Kier alpha value is -3.08. The highest BCUT2D eigenvalue weighted by molar-refractivity contribution is 5.91. The minimum Gasteiger partial charge on any atom is -0.452 e. The normalized spacial score (nSPS) is 9.96. The first-order valence-corrected chi connectivity index (χ1v) is 8.24. The molecule has 1 aromatic rings. The van der Waals surface area contributed by atoms with Gasteiger partial charge in [0.1, 0.15) is 0 Å². The number of esters is 1. The average molecular weight is 360 g/mol. The number of ether oxygens (including phenoxy) is 1. The van der Waals surface area contributed by atoms with Crippen molar-refractivity contribution in [3.05, 3.63) is 35.4 Å². The third-order valence-electron chi connectivity index (χ3n) is 3.37. The zero-order valence-electron chi connectivity index (χ0n) is 15.2. The molecule has 0 atom stereocenters. The van der Waals surface area contributed by atoms with E-state index in [1.54, 1.807) is 31.3 Å². The van der Waals surface area contributed by atoms with E-state index in [0.717, 1.165) is 5.56 Å². The van der Waals surface area contributed by atoms with Gasteiger partial charge in [0.25, 0.3) is 5.91 Å². The molecule has 0 bridgehead atoms. The molecule has 0 spiro atoms. The largest absolute Gasteiger partial charge is 0.452 e. The lowest BCUT2D eigenvalue weighted by Gasteiger charge is -2.15. The molecule has 8 heteroatoms. The average Bonchev–Trinajstić information content (AvgIpc) is 2.61. The van der Waals surface area contributed by atoms with Gasteiger partial charge < -0.3 is 20.3 Å². The van der Waals surface area contributed by atoms with Crippen LogP contribution in [-0.4, -0.2) is 49.0 Å². The molecule has 0 saturated heterocycles. The van der Waals surface area contributed by atoms with Crippen LogP contribution in [0.4, 0.5) is 4.79 Å². The quantitative estimate of drug-likeness (QED) is 0.681. The van der Waals surface area contributed by atoms with E-state index < -0.39 is 5.97 Å². The van der Waals surface area contributed by atoms with Gasteiger partial charge in [-0.1, -0.05) is 12.1 Å². The third-order valence-corrected chi connectivity index (χ3v) is 3.37. The van der Waals surface area contributed by atoms with Crippen molar-refractivity contribution < 1.29 is 19.1 Å². The van der Waals surface area contributed by atoms with Gasteiger partial charge in [0.05, 0.1) is 18.1 Å². The van der Waals surface area contributed by atoms with Gasteiger partial charge in [-0.25, -0.2) is 9.59 Å². The number of carbonyl (C=O) groups excluding carboxylic acids is 3. The molecule has 26 heavy (non-hydrogen) atoms. The van der Waals surface area contributed by atoms with E-state index in [1.807, 2.05) is 19.9 Å². The maximum absolute atomic E-state index is 12.0. The number of nitriles is 1. The van der Waals surface area contributed by atoms with Gasteiger partial charge in [0, 0.05) is 26.2 Å². The summed E-state index contributed by atoms with van der Waals surface area (Å²) in [4.78, 5) is 36.6. The number of carbonyl (C=O) groups is 3. The lowest BCUT2D eigenvalue weighted by atomic mass is 10.1. The van der Waals surface area contributed by atoms with E-state index in [9.17, 15) is 14.4 Å². The Labute approximate surface area is 153 Å². The minimum absolute atomic E-state index is 0.0498. The summed E-state index contributed by atoms with van der Waals surface area (Å²) in [5.41, 5.74) is 1.14. The first kappa shape index (κ1) is 21.0. The number of hydrogen-bond acceptors (Lipinski definition) is 5. The molecule has 0 aliphatic rings. The highest BCUT2D eigenvalue weighted by Crippen LogP contribution is 2.06. The van der Waals surface area contributed by atoms with E-state index in [-0.39, 0.29) is 31.0 Å². The van der Waals surface area contributed by atoms with Crippen LogP contribution in [0.3, 0.4) is 0 Å². The van der Waals surface area contributed by atoms with Crippen molar-refractivity contribution in [2.45, 2.75) is 32.9 Å². The lowest BCUT2D eigenvalue weighted by Crippen LogP contribution is -2.39. The molecule has 1 aromatic carbocycles. The van der Waals surface area contributed by atoms with Crippen molar-refractivity contribution in [1.29, 1.82) is 5.26 Å². The Kier molecular flexibility index (Phi) is 8.64. The summed E-state index contributed by atoms with van der Waals surface area (Å²) in [6, 6.07) is 8.28. The Morgan fingerprint density at radius 1 is 1.23 bits per heavy atom. The SMILES string of the molecule is CC(C)NC(=O)NCc1ccc(C(=O)OCC(=O)N(C)CCC#N)cc1.